The number of anilines is 2. The fraction of sp³-hybridized carbons (Fsp3) is 0. The fourth-order valence-corrected chi connectivity index (χ4v) is 1.80. The van der Waals surface area contributed by atoms with Gasteiger partial charge in [0, 0.05) is 10.2 Å². The lowest BCUT2D eigenvalue weighted by Crippen LogP contribution is -2.15. The second kappa shape index (κ2) is 5.14. The zero-order valence-electron chi connectivity index (χ0n) is 9.15. The SMILES string of the molecule is Nc1ncc(F)cc1C(=O)Nc1cccc(Br)c1. The Bertz CT molecular complexity index is 604. The van der Waals surface area contributed by atoms with Gasteiger partial charge in [-0.05, 0) is 24.3 Å². The number of carbonyl (C=O) groups is 1. The van der Waals surface area contributed by atoms with Gasteiger partial charge in [-0.3, -0.25) is 4.79 Å². The van der Waals surface area contributed by atoms with E-state index >= 15 is 0 Å². The number of amides is 1. The highest BCUT2D eigenvalue weighted by Gasteiger charge is 2.12. The van der Waals surface area contributed by atoms with Crippen LogP contribution in [0, 0.1) is 5.82 Å². The van der Waals surface area contributed by atoms with E-state index < -0.39 is 11.7 Å². The number of carbonyl (C=O) groups excluding carboxylic acids is 1. The number of hydrogen-bond donors (Lipinski definition) is 2. The van der Waals surface area contributed by atoms with Crippen molar-refractivity contribution in [2.45, 2.75) is 0 Å². The number of nitrogens with one attached hydrogen (secondary N) is 1. The van der Waals surface area contributed by atoms with Crippen LogP contribution in [0.5, 0.6) is 0 Å². The number of aromatic nitrogens is 1. The number of pyridine rings is 1. The molecule has 3 N–H and O–H groups in total. The molecule has 0 saturated heterocycles. The first-order valence-corrected chi connectivity index (χ1v) is 5.83. The number of halogens is 2. The molecule has 0 bridgehead atoms. The summed E-state index contributed by atoms with van der Waals surface area (Å²) in [4.78, 5) is 15.5. The normalized spacial score (nSPS) is 10.1. The highest BCUT2D eigenvalue weighted by molar-refractivity contribution is 9.10. The molecule has 0 aliphatic carbocycles. The molecule has 2 rings (SSSR count). The molecule has 1 heterocycles. The molecule has 0 saturated carbocycles. The summed E-state index contributed by atoms with van der Waals surface area (Å²) >= 11 is 3.29. The summed E-state index contributed by atoms with van der Waals surface area (Å²) in [6.07, 6.45) is 0.964. The van der Waals surface area contributed by atoms with Gasteiger partial charge >= 0.3 is 0 Å². The molecule has 92 valence electrons. The van der Waals surface area contributed by atoms with Crippen molar-refractivity contribution in [3.8, 4) is 0 Å². The molecule has 0 radical (unpaired) electrons. The van der Waals surface area contributed by atoms with Gasteiger partial charge in [0.05, 0.1) is 11.8 Å². The predicted molar refractivity (Wildman–Crippen MR) is 70.7 cm³/mol. The van der Waals surface area contributed by atoms with Gasteiger partial charge in [0.25, 0.3) is 5.91 Å². The Morgan fingerprint density at radius 2 is 2.17 bits per heavy atom. The first-order chi connectivity index (χ1) is 8.56. The van der Waals surface area contributed by atoms with E-state index in [1.54, 1.807) is 18.2 Å². The maximum atomic E-state index is 13.0. The molecule has 0 atom stereocenters. The molecule has 1 aromatic heterocycles. The van der Waals surface area contributed by atoms with Gasteiger partial charge in [0.1, 0.15) is 11.6 Å². The maximum absolute atomic E-state index is 13.0. The van der Waals surface area contributed by atoms with E-state index in [1.807, 2.05) is 6.07 Å². The van der Waals surface area contributed by atoms with Gasteiger partial charge in [0.15, 0.2) is 0 Å². The van der Waals surface area contributed by atoms with Crippen LogP contribution in [0.3, 0.4) is 0 Å². The zero-order valence-corrected chi connectivity index (χ0v) is 10.7. The molecule has 0 aliphatic rings. The van der Waals surface area contributed by atoms with Crippen molar-refractivity contribution in [1.82, 2.24) is 4.98 Å². The molecule has 0 unspecified atom stereocenters. The first kappa shape index (κ1) is 12.5. The van der Waals surface area contributed by atoms with Gasteiger partial charge in [-0.15, -0.1) is 0 Å². The molecule has 0 fully saturated rings. The summed E-state index contributed by atoms with van der Waals surface area (Å²) in [5.41, 5.74) is 6.12. The molecule has 1 amide bonds. The van der Waals surface area contributed by atoms with Crippen molar-refractivity contribution in [2.75, 3.05) is 11.1 Å². The number of nitrogens with zero attached hydrogens (tertiary/aromatic N) is 1. The van der Waals surface area contributed by atoms with Crippen LogP contribution in [0.25, 0.3) is 0 Å². The third-order valence-corrected chi connectivity index (χ3v) is 2.71. The van der Waals surface area contributed by atoms with Crippen molar-refractivity contribution in [3.05, 3.63) is 52.4 Å². The van der Waals surface area contributed by atoms with Crippen molar-refractivity contribution >= 4 is 33.3 Å². The topological polar surface area (TPSA) is 68.0 Å². The van der Waals surface area contributed by atoms with Crippen LogP contribution in [-0.4, -0.2) is 10.9 Å². The Morgan fingerprint density at radius 3 is 2.89 bits per heavy atom. The molecule has 0 spiro atoms. The van der Waals surface area contributed by atoms with Gasteiger partial charge in [-0.2, -0.15) is 0 Å². The molecule has 0 aliphatic heterocycles. The molecule has 4 nitrogen and oxygen atoms in total. The monoisotopic (exact) mass is 309 g/mol. The minimum atomic E-state index is -0.608. The van der Waals surface area contributed by atoms with Gasteiger partial charge in [0.2, 0.25) is 0 Å². The number of benzene rings is 1. The predicted octanol–water partition coefficient (Wildman–Crippen LogP) is 2.82. The van der Waals surface area contributed by atoms with Gasteiger partial charge in [-0.1, -0.05) is 22.0 Å². The lowest BCUT2D eigenvalue weighted by atomic mass is 10.2. The quantitative estimate of drug-likeness (QED) is 0.896. The van der Waals surface area contributed by atoms with Crippen LogP contribution in [0.1, 0.15) is 10.4 Å². The van der Waals surface area contributed by atoms with E-state index in [9.17, 15) is 9.18 Å². The van der Waals surface area contributed by atoms with Crippen LogP contribution in [0.2, 0.25) is 0 Å². The summed E-state index contributed by atoms with van der Waals surface area (Å²) in [7, 11) is 0. The van der Waals surface area contributed by atoms with Crippen molar-refractivity contribution in [2.24, 2.45) is 0 Å². The van der Waals surface area contributed by atoms with Crippen molar-refractivity contribution < 1.29 is 9.18 Å². The largest absolute Gasteiger partial charge is 0.383 e. The highest BCUT2D eigenvalue weighted by Crippen LogP contribution is 2.18. The highest BCUT2D eigenvalue weighted by atomic mass is 79.9. The average molecular weight is 310 g/mol. The molecule has 1 aromatic carbocycles. The lowest BCUT2D eigenvalue weighted by molar-refractivity contribution is 0.102. The van der Waals surface area contributed by atoms with E-state index in [0.29, 0.717) is 5.69 Å². The third kappa shape index (κ3) is 2.84. The maximum Gasteiger partial charge on any atom is 0.259 e. The average Bonchev–Trinajstić information content (AvgIpc) is 2.32. The Kier molecular flexibility index (Phi) is 3.57. The second-order valence-electron chi connectivity index (χ2n) is 3.55. The Morgan fingerprint density at radius 1 is 1.39 bits per heavy atom. The fourth-order valence-electron chi connectivity index (χ4n) is 1.40. The summed E-state index contributed by atoms with van der Waals surface area (Å²) in [6, 6.07) is 8.09. The van der Waals surface area contributed by atoms with Gasteiger partial charge in [-0.25, -0.2) is 9.37 Å². The summed E-state index contributed by atoms with van der Waals surface area (Å²) in [5.74, 6) is -1.12. The Hall–Kier alpha value is -1.95. The summed E-state index contributed by atoms with van der Waals surface area (Å²) in [5, 5.41) is 2.61. The van der Waals surface area contributed by atoms with E-state index in [0.717, 1.165) is 16.7 Å². The molecule has 6 heteroatoms. The molecule has 2 aromatic rings. The summed E-state index contributed by atoms with van der Waals surface area (Å²) < 4.78 is 13.8. The van der Waals surface area contributed by atoms with Crippen LogP contribution in [-0.2, 0) is 0 Å². The number of nitrogens with two attached hydrogens (primary N) is 1. The van der Waals surface area contributed by atoms with E-state index in [-0.39, 0.29) is 11.4 Å². The third-order valence-electron chi connectivity index (χ3n) is 2.21. The lowest BCUT2D eigenvalue weighted by Gasteiger charge is -2.07. The summed E-state index contributed by atoms with van der Waals surface area (Å²) in [6.45, 7) is 0. The van der Waals surface area contributed by atoms with Crippen LogP contribution >= 0.6 is 15.9 Å². The Balaban J connectivity index is 2.24. The van der Waals surface area contributed by atoms with Gasteiger partial charge < -0.3 is 11.1 Å². The van der Waals surface area contributed by atoms with Crippen LogP contribution in [0.15, 0.2) is 41.0 Å². The molecular weight excluding hydrogens is 301 g/mol. The minimum Gasteiger partial charge on any atom is -0.383 e. The second-order valence-corrected chi connectivity index (χ2v) is 4.47. The number of hydrogen-bond acceptors (Lipinski definition) is 3. The van der Waals surface area contributed by atoms with Crippen molar-refractivity contribution in [3.63, 3.8) is 0 Å². The zero-order chi connectivity index (χ0) is 13.1. The smallest absolute Gasteiger partial charge is 0.259 e. The first-order valence-electron chi connectivity index (χ1n) is 5.04. The van der Waals surface area contributed by atoms with E-state index in [2.05, 4.69) is 26.2 Å². The minimum absolute atomic E-state index is 0.00924. The molecular formula is C12H9BrFN3O. The van der Waals surface area contributed by atoms with Crippen molar-refractivity contribution in [1.29, 1.82) is 0 Å². The van der Waals surface area contributed by atoms with E-state index in [4.69, 9.17) is 5.73 Å². The number of rotatable bonds is 2. The van der Waals surface area contributed by atoms with Crippen LogP contribution < -0.4 is 11.1 Å². The van der Waals surface area contributed by atoms with E-state index in [1.165, 1.54) is 0 Å². The van der Waals surface area contributed by atoms with Crippen LogP contribution in [0.4, 0.5) is 15.9 Å². The molecule has 18 heavy (non-hydrogen) atoms. The standard InChI is InChI=1S/C12H9BrFN3O/c13-7-2-1-3-9(4-7)17-12(18)10-5-8(14)6-16-11(10)15/h1-6H,(H2,15,16)(H,17,18). The number of nitrogen functional groups attached to an aromatic ring is 1. The Labute approximate surface area is 111 Å².